The predicted octanol–water partition coefficient (Wildman–Crippen LogP) is 2.51. The second-order valence-corrected chi connectivity index (χ2v) is 4.81. The highest BCUT2D eigenvalue weighted by molar-refractivity contribution is 5.47. The van der Waals surface area contributed by atoms with Crippen molar-refractivity contribution >= 4 is 5.69 Å². The Kier molecular flexibility index (Phi) is 4.40. The first-order valence-corrected chi connectivity index (χ1v) is 6.37. The topological polar surface area (TPSA) is 55.5 Å². The van der Waals surface area contributed by atoms with Crippen molar-refractivity contribution in [3.63, 3.8) is 0 Å². The molecule has 0 saturated heterocycles. The summed E-state index contributed by atoms with van der Waals surface area (Å²) in [5, 5.41) is 9.93. The summed E-state index contributed by atoms with van der Waals surface area (Å²) < 4.78 is 5.51. The second-order valence-electron chi connectivity index (χ2n) is 4.81. The van der Waals surface area contributed by atoms with Crippen LogP contribution in [0.25, 0.3) is 0 Å². The Morgan fingerprint density at radius 2 is 2.12 bits per heavy atom. The lowest BCUT2D eigenvalue weighted by Gasteiger charge is -2.25. The van der Waals surface area contributed by atoms with Crippen LogP contribution >= 0.6 is 0 Å². The van der Waals surface area contributed by atoms with Gasteiger partial charge in [0.2, 0.25) is 0 Å². The predicted molar refractivity (Wildman–Crippen MR) is 68.6 cm³/mol. The molecule has 0 aliphatic heterocycles. The molecule has 0 bridgehead atoms. The van der Waals surface area contributed by atoms with Gasteiger partial charge in [0, 0.05) is 17.9 Å². The largest absolute Gasteiger partial charge is 0.398 e. The average molecular weight is 235 g/mol. The van der Waals surface area contributed by atoms with E-state index in [-0.39, 0.29) is 0 Å². The Morgan fingerprint density at radius 3 is 2.76 bits per heavy atom. The summed E-state index contributed by atoms with van der Waals surface area (Å²) in [6, 6.07) is 7.38. The van der Waals surface area contributed by atoms with E-state index in [0.29, 0.717) is 12.3 Å². The van der Waals surface area contributed by atoms with Gasteiger partial charge >= 0.3 is 0 Å². The minimum Gasteiger partial charge on any atom is -0.398 e. The van der Waals surface area contributed by atoms with Gasteiger partial charge in [-0.3, -0.25) is 0 Å². The van der Waals surface area contributed by atoms with Crippen molar-refractivity contribution < 1.29 is 9.84 Å². The number of aliphatic hydroxyl groups is 1. The van der Waals surface area contributed by atoms with E-state index in [1.54, 1.807) is 6.07 Å². The summed E-state index contributed by atoms with van der Waals surface area (Å²) in [4.78, 5) is 0. The van der Waals surface area contributed by atoms with Gasteiger partial charge < -0.3 is 15.6 Å². The maximum Gasteiger partial charge on any atom is 0.104 e. The highest BCUT2D eigenvalue weighted by atomic mass is 16.5. The monoisotopic (exact) mass is 235 g/mol. The van der Waals surface area contributed by atoms with Crippen molar-refractivity contribution in [1.29, 1.82) is 0 Å². The van der Waals surface area contributed by atoms with Crippen LogP contribution in [0.4, 0.5) is 5.69 Å². The van der Waals surface area contributed by atoms with Crippen LogP contribution < -0.4 is 5.73 Å². The molecule has 94 valence electrons. The van der Waals surface area contributed by atoms with E-state index < -0.39 is 6.10 Å². The molecule has 1 aliphatic rings. The summed E-state index contributed by atoms with van der Waals surface area (Å²) in [6.45, 7) is 1.08. The molecule has 0 radical (unpaired) electrons. The Morgan fingerprint density at radius 1 is 1.35 bits per heavy atom. The Hall–Kier alpha value is -1.06. The molecule has 1 aromatic carbocycles. The molecule has 1 aliphatic carbocycles. The number of nitrogens with two attached hydrogens (primary N) is 1. The molecule has 3 N–H and O–H groups in total. The number of anilines is 1. The van der Waals surface area contributed by atoms with Crippen LogP contribution in [0.5, 0.6) is 0 Å². The molecule has 0 aromatic heterocycles. The van der Waals surface area contributed by atoms with Gasteiger partial charge in [0.05, 0.1) is 6.61 Å². The molecular weight excluding hydrogens is 214 g/mol. The van der Waals surface area contributed by atoms with Crippen molar-refractivity contribution in [1.82, 2.24) is 0 Å². The molecule has 0 heterocycles. The van der Waals surface area contributed by atoms with Crippen LogP contribution in [0, 0.1) is 5.92 Å². The molecule has 1 fully saturated rings. The molecule has 1 unspecified atom stereocenters. The van der Waals surface area contributed by atoms with Gasteiger partial charge in [0.25, 0.3) is 0 Å². The SMILES string of the molecule is Nc1ccccc1C(O)COCCC1CCC1. The quantitative estimate of drug-likeness (QED) is 0.588. The van der Waals surface area contributed by atoms with Gasteiger partial charge in [-0.1, -0.05) is 37.5 Å². The number of ether oxygens (including phenoxy) is 1. The number of hydrogen-bond acceptors (Lipinski definition) is 3. The zero-order chi connectivity index (χ0) is 12.1. The second kappa shape index (κ2) is 6.03. The summed E-state index contributed by atoms with van der Waals surface area (Å²) >= 11 is 0. The maximum atomic E-state index is 9.93. The zero-order valence-corrected chi connectivity index (χ0v) is 10.1. The van der Waals surface area contributed by atoms with Crippen LogP contribution in [0.2, 0.25) is 0 Å². The third-order valence-corrected chi connectivity index (χ3v) is 3.53. The number of aliphatic hydroxyl groups excluding tert-OH is 1. The molecule has 17 heavy (non-hydrogen) atoms. The Bertz CT molecular complexity index is 350. The first-order chi connectivity index (χ1) is 8.27. The zero-order valence-electron chi connectivity index (χ0n) is 10.1. The Balaban J connectivity index is 1.69. The molecule has 1 saturated carbocycles. The molecule has 1 atom stereocenters. The van der Waals surface area contributed by atoms with E-state index in [4.69, 9.17) is 10.5 Å². The lowest BCUT2D eigenvalue weighted by atomic mass is 9.83. The van der Waals surface area contributed by atoms with Crippen LogP contribution in [0.15, 0.2) is 24.3 Å². The minimum atomic E-state index is -0.613. The number of benzene rings is 1. The first kappa shape index (κ1) is 12.4. The van der Waals surface area contributed by atoms with Gasteiger partial charge in [-0.25, -0.2) is 0 Å². The van der Waals surface area contributed by atoms with Crippen molar-refractivity contribution in [2.45, 2.75) is 31.8 Å². The summed E-state index contributed by atoms with van der Waals surface area (Å²) in [7, 11) is 0. The fraction of sp³-hybridized carbons (Fsp3) is 0.571. The third kappa shape index (κ3) is 3.45. The lowest BCUT2D eigenvalue weighted by molar-refractivity contribution is 0.0269. The van der Waals surface area contributed by atoms with Crippen LogP contribution in [-0.2, 0) is 4.74 Å². The van der Waals surface area contributed by atoms with Crippen molar-refractivity contribution in [2.75, 3.05) is 18.9 Å². The van der Waals surface area contributed by atoms with E-state index >= 15 is 0 Å². The summed E-state index contributed by atoms with van der Waals surface area (Å²) in [6.07, 6.45) is 4.57. The van der Waals surface area contributed by atoms with Crippen molar-refractivity contribution in [2.24, 2.45) is 5.92 Å². The number of hydrogen-bond donors (Lipinski definition) is 2. The molecular formula is C14H21NO2. The van der Waals surface area contributed by atoms with E-state index in [1.165, 1.54) is 19.3 Å². The van der Waals surface area contributed by atoms with E-state index in [0.717, 1.165) is 24.5 Å². The maximum absolute atomic E-state index is 9.93. The van der Waals surface area contributed by atoms with Crippen LogP contribution in [-0.4, -0.2) is 18.3 Å². The number of rotatable bonds is 6. The highest BCUT2D eigenvalue weighted by Crippen LogP contribution is 2.29. The van der Waals surface area contributed by atoms with Crippen molar-refractivity contribution in [3.8, 4) is 0 Å². The fourth-order valence-electron chi connectivity index (χ4n) is 2.13. The van der Waals surface area contributed by atoms with Gasteiger partial charge in [-0.2, -0.15) is 0 Å². The minimum absolute atomic E-state index is 0.334. The molecule has 0 spiro atoms. The van der Waals surface area contributed by atoms with Gasteiger partial charge in [0.15, 0.2) is 0 Å². The summed E-state index contributed by atoms with van der Waals surface area (Å²) in [5.74, 6) is 0.855. The van der Waals surface area contributed by atoms with Crippen molar-refractivity contribution in [3.05, 3.63) is 29.8 Å². The van der Waals surface area contributed by atoms with Gasteiger partial charge in [0.1, 0.15) is 6.10 Å². The normalized spacial score (nSPS) is 17.7. The highest BCUT2D eigenvalue weighted by Gasteiger charge is 2.17. The van der Waals surface area contributed by atoms with Gasteiger partial charge in [-0.05, 0) is 18.4 Å². The van der Waals surface area contributed by atoms with E-state index in [9.17, 15) is 5.11 Å². The number of para-hydroxylation sites is 1. The third-order valence-electron chi connectivity index (χ3n) is 3.53. The lowest BCUT2D eigenvalue weighted by Crippen LogP contribution is -2.15. The average Bonchev–Trinajstić information content (AvgIpc) is 2.26. The van der Waals surface area contributed by atoms with E-state index in [1.807, 2.05) is 18.2 Å². The molecule has 1 aromatic rings. The fourth-order valence-corrected chi connectivity index (χ4v) is 2.13. The van der Waals surface area contributed by atoms with Crippen LogP contribution in [0.1, 0.15) is 37.4 Å². The van der Waals surface area contributed by atoms with Gasteiger partial charge in [-0.15, -0.1) is 0 Å². The summed E-state index contributed by atoms with van der Waals surface area (Å²) in [5.41, 5.74) is 7.18. The van der Waals surface area contributed by atoms with Crippen LogP contribution in [0.3, 0.4) is 0 Å². The molecule has 3 nitrogen and oxygen atoms in total. The Labute approximate surface area is 103 Å². The number of nitrogen functional groups attached to an aromatic ring is 1. The molecule has 2 rings (SSSR count). The first-order valence-electron chi connectivity index (χ1n) is 6.37. The van der Waals surface area contributed by atoms with E-state index in [2.05, 4.69) is 0 Å². The standard InChI is InChI=1S/C14H21NO2/c15-13-7-2-1-6-12(13)14(16)10-17-9-8-11-4-3-5-11/h1-2,6-7,11,14,16H,3-5,8-10,15H2. The smallest absolute Gasteiger partial charge is 0.104 e. The molecule has 0 amide bonds. The molecule has 3 heteroatoms.